The molecule has 162 valence electrons. The van der Waals surface area contributed by atoms with E-state index in [0.717, 1.165) is 24.2 Å². The minimum absolute atomic E-state index is 0.0511. The Balaban J connectivity index is 1.37. The summed E-state index contributed by atoms with van der Waals surface area (Å²) in [6.45, 7) is 0. The highest BCUT2D eigenvalue weighted by atomic mass is 35.5. The minimum atomic E-state index is -0.882. The number of aliphatic hydroxyl groups is 1. The van der Waals surface area contributed by atoms with Crippen molar-refractivity contribution in [2.75, 3.05) is 5.32 Å². The van der Waals surface area contributed by atoms with E-state index < -0.39 is 11.4 Å². The molecule has 4 atom stereocenters. The van der Waals surface area contributed by atoms with Crippen LogP contribution in [0.5, 0.6) is 0 Å². The molecule has 0 spiro atoms. The molecular formula is C22H23ClFN5O2. The highest BCUT2D eigenvalue weighted by Crippen LogP contribution is 2.62. The maximum atomic E-state index is 13.4. The fourth-order valence-corrected chi connectivity index (χ4v) is 5.61. The van der Waals surface area contributed by atoms with Crippen LogP contribution in [0, 0.1) is 17.7 Å². The summed E-state index contributed by atoms with van der Waals surface area (Å²) < 4.78 is 16.9. The standard InChI is InChI=1S/C22H23ClFN5O2/c1-28-11-25-19(20(28)21(30)27-14-3-4-17(24)16(23)9-14)12-7-13-10-22(31,15(13)8-12)18-5-6-26-29(18)2/h3-6,9,11-13,15,31H,7-8,10H2,1-2H3,(H,27,30). The number of aryl methyl sites for hydroxylation is 2. The molecule has 2 aliphatic carbocycles. The summed E-state index contributed by atoms with van der Waals surface area (Å²) in [7, 11) is 3.62. The molecule has 7 nitrogen and oxygen atoms in total. The number of benzene rings is 1. The first-order valence-electron chi connectivity index (χ1n) is 10.3. The quantitative estimate of drug-likeness (QED) is 0.645. The maximum absolute atomic E-state index is 13.4. The number of carbonyl (C=O) groups is 1. The van der Waals surface area contributed by atoms with Gasteiger partial charge in [0, 0.05) is 31.9 Å². The van der Waals surface area contributed by atoms with Crippen LogP contribution in [0.2, 0.25) is 5.02 Å². The first-order chi connectivity index (χ1) is 14.8. The molecule has 2 saturated carbocycles. The molecule has 2 N–H and O–H groups in total. The highest BCUT2D eigenvalue weighted by Gasteiger charge is 2.59. The smallest absolute Gasteiger partial charge is 0.274 e. The molecule has 4 unspecified atom stereocenters. The summed E-state index contributed by atoms with van der Waals surface area (Å²) in [5.41, 5.74) is 1.57. The third-order valence-electron chi connectivity index (χ3n) is 6.89. The Morgan fingerprint density at radius 3 is 2.84 bits per heavy atom. The number of anilines is 1. The molecule has 2 aliphatic rings. The van der Waals surface area contributed by atoms with Crippen molar-refractivity contribution in [2.24, 2.45) is 25.9 Å². The van der Waals surface area contributed by atoms with Crippen molar-refractivity contribution in [2.45, 2.75) is 30.8 Å². The monoisotopic (exact) mass is 443 g/mol. The van der Waals surface area contributed by atoms with Gasteiger partial charge < -0.3 is 15.0 Å². The SMILES string of the molecule is Cn1cnc(C2CC3CC(O)(c4ccnn4C)C3C2)c1C(=O)Nc1ccc(F)c(Cl)c1. The first-order valence-corrected chi connectivity index (χ1v) is 10.6. The molecule has 5 rings (SSSR count). The van der Waals surface area contributed by atoms with Crippen LogP contribution < -0.4 is 5.32 Å². The van der Waals surface area contributed by atoms with Gasteiger partial charge in [-0.25, -0.2) is 9.37 Å². The van der Waals surface area contributed by atoms with Crippen molar-refractivity contribution >= 4 is 23.2 Å². The van der Waals surface area contributed by atoms with E-state index in [4.69, 9.17) is 11.6 Å². The van der Waals surface area contributed by atoms with Crippen molar-refractivity contribution in [1.29, 1.82) is 0 Å². The van der Waals surface area contributed by atoms with E-state index in [9.17, 15) is 14.3 Å². The first kappa shape index (κ1) is 20.2. The van der Waals surface area contributed by atoms with E-state index >= 15 is 0 Å². The van der Waals surface area contributed by atoms with Crippen molar-refractivity contribution in [3.8, 4) is 0 Å². The second-order valence-corrected chi connectivity index (χ2v) is 9.08. The zero-order chi connectivity index (χ0) is 21.9. The summed E-state index contributed by atoms with van der Waals surface area (Å²) in [4.78, 5) is 17.6. The van der Waals surface area contributed by atoms with Crippen molar-refractivity contribution < 1.29 is 14.3 Å². The molecule has 0 saturated heterocycles. The van der Waals surface area contributed by atoms with E-state index in [-0.39, 0.29) is 22.8 Å². The lowest BCUT2D eigenvalue weighted by atomic mass is 9.61. The largest absolute Gasteiger partial charge is 0.383 e. The van der Waals surface area contributed by atoms with E-state index in [1.165, 1.54) is 18.2 Å². The van der Waals surface area contributed by atoms with E-state index in [1.54, 1.807) is 28.8 Å². The number of carbonyl (C=O) groups excluding carboxylic acids is 1. The summed E-state index contributed by atoms with van der Waals surface area (Å²) in [5.74, 6) is -0.279. The van der Waals surface area contributed by atoms with Crippen molar-refractivity contribution in [1.82, 2.24) is 19.3 Å². The fraction of sp³-hybridized carbons (Fsp3) is 0.409. The average molecular weight is 444 g/mol. The molecule has 2 heterocycles. The number of rotatable bonds is 4. The number of nitrogens with zero attached hydrogens (tertiary/aromatic N) is 4. The van der Waals surface area contributed by atoms with Crippen LogP contribution in [0.15, 0.2) is 36.8 Å². The summed E-state index contributed by atoms with van der Waals surface area (Å²) in [6, 6.07) is 5.95. The lowest BCUT2D eigenvalue weighted by Gasteiger charge is -2.48. The summed E-state index contributed by atoms with van der Waals surface area (Å²) in [5, 5.41) is 18.2. The Morgan fingerprint density at radius 1 is 1.32 bits per heavy atom. The molecule has 31 heavy (non-hydrogen) atoms. The van der Waals surface area contributed by atoms with E-state index in [0.29, 0.717) is 23.7 Å². The van der Waals surface area contributed by atoms with Gasteiger partial charge in [-0.05, 0) is 55.4 Å². The lowest BCUT2D eigenvalue weighted by Crippen LogP contribution is -2.49. The van der Waals surface area contributed by atoms with Gasteiger partial charge in [-0.1, -0.05) is 11.6 Å². The van der Waals surface area contributed by atoms with Gasteiger partial charge in [-0.3, -0.25) is 9.48 Å². The molecule has 3 aromatic rings. The highest BCUT2D eigenvalue weighted by molar-refractivity contribution is 6.31. The molecule has 2 aromatic heterocycles. The van der Waals surface area contributed by atoms with Gasteiger partial charge in [0.15, 0.2) is 0 Å². The molecule has 9 heteroatoms. The minimum Gasteiger partial charge on any atom is -0.383 e. The second-order valence-electron chi connectivity index (χ2n) is 8.68. The van der Waals surface area contributed by atoms with Gasteiger partial charge >= 0.3 is 0 Å². The van der Waals surface area contributed by atoms with Crippen molar-refractivity contribution in [3.63, 3.8) is 0 Å². The molecular weight excluding hydrogens is 421 g/mol. The number of hydrogen-bond donors (Lipinski definition) is 2. The van der Waals surface area contributed by atoms with Crippen LogP contribution >= 0.6 is 11.6 Å². The van der Waals surface area contributed by atoms with Gasteiger partial charge in [0.1, 0.15) is 17.1 Å². The van der Waals surface area contributed by atoms with E-state index in [2.05, 4.69) is 15.4 Å². The molecule has 2 fully saturated rings. The molecule has 1 aromatic carbocycles. The number of imidazole rings is 1. The number of halogens is 2. The average Bonchev–Trinajstić information content (AvgIpc) is 3.41. The molecule has 0 aliphatic heterocycles. The zero-order valence-corrected chi connectivity index (χ0v) is 18.0. The maximum Gasteiger partial charge on any atom is 0.274 e. The number of hydrogen-bond acceptors (Lipinski definition) is 4. The second kappa shape index (κ2) is 7.17. The van der Waals surface area contributed by atoms with Crippen LogP contribution in [-0.2, 0) is 19.7 Å². The predicted molar refractivity (Wildman–Crippen MR) is 113 cm³/mol. The van der Waals surface area contributed by atoms with Gasteiger partial charge in [0.05, 0.1) is 22.7 Å². The lowest BCUT2D eigenvalue weighted by molar-refractivity contribution is -0.137. The van der Waals surface area contributed by atoms with Crippen LogP contribution in [-0.4, -0.2) is 30.3 Å². The Labute approximate surface area is 183 Å². The third kappa shape index (κ3) is 3.16. The van der Waals surface area contributed by atoms with Gasteiger partial charge in [0.25, 0.3) is 5.91 Å². The Bertz CT molecular complexity index is 1170. The van der Waals surface area contributed by atoms with Gasteiger partial charge in [-0.2, -0.15) is 5.10 Å². The number of aromatic nitrogens is 4. The number of amides is 1. The molecule has 1 amide bonds. The number of fused-ring (bicyclic) bond motifs is 1. The van der Waals surface area contributed by atoms with Gasteiger partial charge in [-0.15, -0.1) is 0 Å². The number of nitrogens with one attached hydrogen (secondary N) is 1. The van der Waals surface area contributed by atoms with Crippen LogP contribution in [0.4, 0.5) is 10.1 Å². The normalized spacial score (nSPS) is 27.1. The summed E-state index contributed by atoms with van der Waals surface area (Å²) >= 11 is 5.83. The van der Waals surface area contributed by atoms with Gasteiger partial charge in [0.2, 0.25) is 0 Å². The van der Waals surface area contributed by atoms with Crippen LogP contribution in [0.3, 0.4) is 0 Å². The fourth-order valence-electron chi connectivity index (χ4n) is 5.43. The Hall–Kier alpha value is -2.71. The molecule has 0 radical (unpaired) electrons. The molecule has 0 bridgehead atoms. The predicted octanol–water partition coefficient (Wildman–Crippen LogP) is 3.60. The van der Waals surface area contributed by atoms with Crippen LogP contribution in [0.1, 0.15) is 47.1 Å². The topological polar surface area (TPSA) is 85.0 Å². The Morgan fingerprint density at radius 2 is 2.13 bits per heavy atom. The summed E-state index contributed by atoms with van der Waals surface area (Å²) in [6.07, 6.45) is 5.66. The van der Waals surface area contributed by atoms with Crippen molar-refractivity contribution in [3.05, 3.63) is 64.7 Å². The van der Waals surface area contributed by atoms with E-state index in [1.807, 2.05) is 13.1 Å². The Kier molecular flexibility index (Phi) is 4.67. The van der Waals surface area contributed by atoms with Crippen LogP contribution in [0.25, 0.3) is 0 Å². The zero-order valence-electron chi connectivity index (χ0n) is 17.2. The third-order valence-corrected chi connectivity index (χ3v) is 7.18.